The highest BCUT2D eigenvalue weighted by Crippen LogP contribution is 2.41. The zero-order chi connectivity index (χ0) is 22.0. The summed E-state index contributed by atoms with van der Waals surface area (Å²) >= 11 is 7.91. The Balaban J connectivity index is 1.37. The number of benzene rings is 1. The van der Waals surface area contributed by atoms with Gasteiger partial charge in [0.25, 0.3) is 0 Å². The van der Waals surface area contributed by atoms with Crippen LogP contribution in [0.2, 0.25) is 5.02 Å². The normalized spacial score (nSPS) is 16.3. The van der Waals surface area contributed by atoms with Crippen molar-refractivity contribution in [2.45, 2.75) is 25.7 Å². The van der Waals surface area contributed by atoms with Gasteiger partial charge in [-0.15, -0.1) is 11.3 Å². The Morgan fingerprint density at radius 3 is 2.90 bits per heavy atom. The maximum Gasteiger partial charge on any atom is 0.219 e. The van der Waals surface area contributed by atoms with Crippen LogP contribution in [0.4, 0.5) is 5.95 Å². The largest absolute Gasteiger partial charge is 0.487 e. The molecule has 0 radical (unpaired) electrons. The number of nitrogen functional groups attached to an aromatic ring is 1. The van der Waals surface area contributed by atoms with Crippen molar-refractivity contribution >= 4 is 40.7 Å². The van der Waals surface area contributed by atoms with E-state index in [2.05, 4.69) is 15.3 Å². The number of aromatic nitrogens is 2. The first-order valence-corrected chi connectivity index (χ1v) is 10.9. The van der Waals surface area contributed by atoms with Gasteiger partial charge in [-0.2, -0.15) is 0 Å². The number of fused-ring (bicyclic) bond motifs is 1. The molecule has 7 nitrogen and oxygen atoms in total. The molecule has 160 valence electrons. The van der Waals surface area contributed by atoms with Crippen molar-refractivity contribution in [3.8, 4) is 16.2 Å². The second-order valence-electron chi connectivity index (χ2n) is 7.20. The number of ketones is 1. The molecule has 3 aromatic rings. The number of hydrogen-bond acceptors (Lipinski definition) is 8. The Labute approximate surface area is 188 Å². The number of hydrogen-bond donors (Lipinski definition) is 3. The second-order valence-corrected chi connectivity index (χ2v) is 8.69. The van der Waals surface area contributed by atoms with Crippen molar-refractivity contribution in [3.63, 3.8) is 0 Å². The quantitative estimate of drug-likeness (QED) is 0.368. The predicted octanol–water partition coefficient (Wildman–Crippen LogP) is 3.57. The molecule has 2 aromatic heterocycles. The van der Waals surface area contributed by atoms with Crippen LogP contribution in [0.5, 0.6) is 5.75 Å². The summed E-state index contributed by atoms with van der Waals surface area (Å²) in [7, 11) is 0. The Morgan fingerprint density at radius 2 is 2.19 bits per heavy atom. The number of nitrogens with two attached hydrogens (primary N) is 1. The molecule has 1 aliphatic heterocycles. The van der Waals surface area contributed by atoms with Gasteiger partial charge < -0.3 is 15.6 Å². The van der Waals surface area contributed by atoms with Gasteiger partial charge in [0.2, 0.25) is 5.95 Å². The molecule has 2 atom stereocenters. The van der Waals surface area contributed by atoms with Gasteiger partial charge in [0.15, 0.2) is 5.78 Å². The Hall–Kier alpha value is -2.78. The minimum Gasteiger partial charge on any atom is -0.487 e. The number of Topliss-reactive ketones (excluding diaryl/α,β-unsaturated/α-hetero) is 1. The molecule has 4 N–H and O–H groups in total. The van der Waals surface area contributed by atoms with Crippen molar-refractivity contribution in [1.29, 1.82) is 0 Å². The molecule has 1 aromatic carbocycles. The van der Waals surface area contributed by atoms with Crippen LogP contribution in [-0.2, 0) is 6.42 Å². The molecule has 0 aliphatic carbocycles. The number of nitrogens with one attached hydrogen (secondary N) is 1. The van der Waals surface area contributed by atoms with E-state index in [9.17, 15) is 9.90 Å². The highest BCUT2D eigenvalue weighted by Gasteiger charge is 2.26. The summed E-state index contributed by atoms with van der Waals surface area (Å²) in [5, 5.41) is 13.7. The molecule has 0 amide bonds. The summed E-state index contributed by atoms with van der Waals surface area (Å²) in [5.74, 6) is 0.924. The molecule has 2 unspecified atom stereocenters. The highest BCUT2D eigenvalue weighted by atomic mass is 35.5. The monoisotopic (exact) mass is 456 g/mol. The lowest BCUT2D eigenvalue weighted by Gasteiger charge is -2.14. The third-order valence-electron chi connectivity index (χ3n) is 4.81. The van der Waals surface area contributed by atoms with Crippen LogP contribution in [-0.4, -0.2) is 39.7 Å². The lowest BCUT2D eigenvalue weighted by molar-refractivity contribution is 0.102. The lowest BCUT2D eigenvalue weighted by atomic mass is 10.1. The average molecular weight is 457 g/mol. The number of carbonyl (C=O) groups excluding carboxylic acids is 1. The number of carbonyl (C=O) groups is 1. The minimum atomic E-state index is -0.855. The SMILES string of the molecule is CC(=O)c1ccc(-c2cc(Cl)c3c(c2)CC(CNC(O)/C=C/c2cnc(N)nc2)O3)s1. The van der Waals surface area contributed by atoms with Gasteiger partial charge in [0.1, 0.15) is 18.1 Å². The number of ether oxygens (including phenoxy) is 1. The maximum atomic E-state index is 11.6. The third kappa shape index (κ3) is 5.11. The Morgan fingerprint density at radius 1 is 1.42 bits per heavy atom. The van der Waals surface area contributed by atoms with E-state index < -0.39 is 6.23 Å². The molecule has 0 saturated carbocycles. The molecule has 1 aliphatic rings. The van der Waals surface area contributed by atoms with E-state index in [1.54, 1.807) is 31.5 Å². The number of nitrogens with zero attached hydrogens (tertiary/aromatic N) is 2. The predicted molar refractivity (Wildman–Crippen MR) is 122 cm³/mol. The fourth-order valence-electron chi connectivity index (χ4n) is 3.28. The molecule has 0 fully saturated rings. The summed E-state index contributed by atoms with van der Waals surface area (Å²) in [4.78, 5) is 21.1. The fraction of sp³-hybridized carbons (Fsp3) is 0.227. The second kappa shape index (κ2) is 9.15. The standard InChI is InChI=1S/C22H21ClN4O3S/c1-12(28)18-3-4-19(31-18)14-6-15-7-16(30-21(15)17(23)8-14)11-25-20(29)5-2-13-9-26-22(24)27-10-13/h2-6,8-10,16,20,25,29H,7,11H2,1H3,(H2,24,26,27)/b5-2+. The molecule has 0 saturated heterocycles. The number of aliphatic hydroxyl groups excluding tert-OH is 1. The van der Waals surface area contributed by atoms with Gasteiger partial charge in [0, 0.05) is 41.4 Å². The highest BCUT2D eigenvalue weighted by molar-refractivity contribution is 7.17. The molecule has 0 spiro atoms. The number of aliphatic hydroxyl groups is 1. The fourth-order valence-corrected chi connectivity index (χ4v) is 4.45. The number of anilines is 1. The van der Waals surface area contributed by atoms with Crippen LogP contribution in [0.15, 0.2) is 42.7 Å². The van der Waals surface area contributed by atoms with E-state index in [1.165, 1.54) is 11.3 Å². The summed E-state index contributed by atoms with van der Waals surface area (Å²) in [6.45, 7) is 2.00. The van der Waals surface area contributed by atoms with Crippen molar-refractivity contribution < 1.29 is 14.6 Å². The van der Waals surface area contributed by atoms with Crippen LogP contribution in [0.1, 0.15) is 27.7 Å². The molecular formula is C22H21ClN4O3S. The van der Waals surface area contributed by atoms with Gasteiger partial charge in [-0.3, -0.25) is 10.1 Å². The van der Waals surface area contributed by atoms with Crippen LogP contribution in [0.25, 0.3) is 16.5 Å². The van der Waals surface area contributed by atoms with Gasteiger partial charge >= 0.3 is 0 Å². The molecule has 9 heteroatoms. The van der Waals surface area contributed by atoms with Crippen LogP contribution in [0, 0.1) is 0 Å². The summed E-state index contributed by atoms with van der Waals surface area (Å²) in [6, 6.07) is 7.67. The van der Waals surface area contributed by atoms with Gasteiger partial charge in [-0.1, -0.05) is 17.7 Å². The Bertz CT molecular complexity index is 1130. The molecular weight excluding hydrogens is 436 g/mol. The van der Waals surface area contributed by atoms with Gasteiger partial charge in [-0.05, 0) is 42.8 Å². The Kier molecular flexibility index (Phi) is 6.33. The van der Waals surface area contributed by atoms with Crippen molar-refractivity contribution in [3.05, 3.63) is 63.8 Å². The molecule has 0 bridgehead atoms. The van der Waals surface area contributed by atoms with Crippen molar-refractivity contribution in [2.75, 3.05) is 12.3 Å². The summed E-state index contributed by atoms with van der Waals surface area (Å²) < 4.78 is 5.98. The van der Waals surface area contributed by atoms with E-state index in [0.29, 0.717) is 23.7 Å². The number of rotatable bonds is 7. The maximum absolute atomic E-state index is 11.6. The van der Waals surface area contributed by atoms with E-state index in [0.717, 1.165) is 26.4 Å². The third-order valence-corrected chi connectivity index (χ3v) is 6.32. The zero-order valence-corrected chi connectivity index (χ0v) is 18.3. The van der Waals surface area contributed by atoms with E-state index in [4.69, 9.17) is 22.1 Å². The summed E-state index contributed by atoms with van der Waals surface area (Å²) in [5.41, 5.74) is 8.17. The first kappa shape index (κ1) is 21.5. The smallest absolute Gasteiger partial charge is 0.219 e. The first-order valence-electron chi connectivity index (χ1n) is 9.66. The zero-order valence-electron chi connectivity index (χ0n) is 16.7. The topological polar surface area (TPSA) is 110 Å². The van der Waals surface area contributed by atoms with E-state index in [1.807, 2.05) is 24.3 Å². The van der Waals surface area contributed by atoms with Gasteiger partial charge in [0.05, 0.1) is 9.90 Å². The first-order chi connectivity index (χ1) is 14.9. The van der Waals surface area contributed by atoms with Crippen LogP contribution < -0.4 is 15.8 Å². The lowest BCUT2D eigenvalue weighted by Crippen LogP contribution is -2.36. The minimum absolute atomic E-state index is 0.0505. The summed E-state index contributed by atoms with van der Waals surface area (Å²) in [6.07, 6.45) is 6.13. The van der Waals surface area contributed by atoms with Gasteiger partial charge in [-0.25, -0.2) is 9.97 Å². The molecule has 4 rings (SSSR count). The molecule has 3 heterocycles. The number of halogens is 1. The van der Waals surface area contributed by atoms with Crippen LogP contribution in [0.3, 0.4) is 0 Å². The van der Waals surface area contributed by atoms with Crippen LogP contribution >= 0.6 is 22.9 Å². The van der Waals surface area contributed by atoms with E-state index >= 15 is 0 Å². The van der Waals surface area contributed by atoms with E-state index in [-0.39, 0.29) is 17.8 Å². The molecule has 31 heavy (non-hydrogen) atoms. The number of thiophene rings is 1. The average Bonchev–Trinajstić information content (AvgIpc) is 3.39. The van der Waals surface area contributed by atoms with Crippen molar-refractivity contribution in [1.82, 2.24) is 15.3 Å². The van der Waals surface area contributed by atoms with Crippen molar-refractivity contribution in [2.24, 2.45) is 0 Å².